The molecule has 0 atom stereocenters. The SMILES string of the molecule is NCCO/N=C(\c1ccc(Cl)cc1)c1cc2ccncc2[nH]1. The van der Waals surface area contributed by atoms with Crippen molar-refractivity contribution in [3.05, 3.63) is 65.1 Å². The lowest BCUT2D eigenvalue weighted by Gasteiger charge is -2.05. The van der Waals surface area contributed by atoms with Crippen molar-refractivity contribution < 1.29 is 4.84 Å². The Morgan fingerprint density at radius 2 is 2.09 bits per heavy atom. The molecule has 3 N–H and O–H groups in total. The summed E-state index contributed by atoms with van der Waals surface area (Å²) in [6.45, 7) is 0.771. The number of benzene rings is 1. The lowest BCUT2D eigenvalue weighted by atomic mass is 10.1. The van der Waals surface area contributed by atoms with Gasteiger partial charge in [0.25, 0.3) is 0 Å². The number of nitrogens with two attached hydrogens (primary N) is 1. The van der Waals surface area contributed by atoms with E-state index in [2.05, 4.69) is 15.1 Å². The van der Waals surface area contributed by atoms with E-state index < -0.39 is 0 Å². The fraction of sp³-hybridized carbons (Fsp3) is 0.125. The number of hydrogen-bond donors (Lipinski definition) is 2. The third kappa shape index (κ3) is 3.10. The van der Waals surface area contributed by atoms with Crippen LogP contribution < -0.4 is 5.73 Å². The molecule has 0 radical (unpaired) electrons. The quantitative estimate of drug-likeness (QED) is 0.432. The van der Waals surface area contributed by atoms with Gasteiger partial charge < -0.3 is 15.6 Å². The predicted molar refractivity (Wildman–Crippen MR) is 88.2 cm³/mol. The Hall–Kier alpha value is -2.37. The number of fused-ring (bicyclic) bond motifs is 1. The molecule has 0 aliphatic heterocycles. The van der Waals surface area contributed by atoms with Crippen molar-refractivity contribution in [3.8, 4) is 0 Å². The summed E-state index contributed by atoms with van der Waals surface area (Å²) in [4.78, 5) is 12.7. The van der Waals surface area contributed by atoms with Crippen LogP contribution in [0.5, 0.6) is 0 Å². The minimum atomic E-state index is 0.360. The first-order chi connectivity index (χ1) is 10.8. The van der Waals surface area contributed by atoms with Gasteiger partial charge in [-0.2, -0.15) is 0 Å². The maximum absolute atomic E-state index is 5.95. The summed E-state index contributed by atoms with van der Waals surface area (Å²) in [5.74, 6) is 0. The Balaban J connectivity index is 2.04. The minimum Gasteiger partial charge on any atom is -0.394 e. The number of H-pyrrole nitrogens is 1. The highest BCUT2D eigenvalue weighted by Gasteiger charge is 2.11. The summed E-state index contributed by atoms with van der Waals surface area (Å²) in [6, 6.07) is 11.4. The number of oxime groups is 1. The average molecular weight is 315 g/mol. The summed E-state index contributed by atoms with van der Waals surface area (Å²) in [7, 11) is 0. The van der Waals surface area contributed by atoms with Gasteiger partial charge in [0.15, 0.2) is 0 Å². The van der Waals surface area contributed by atoms with Gasteiger partial charge in [-0.05, 0) is 24.3 Å². The first-order valence-corrected chi connectivity index (χ1v) is 7.25. The number of hydrogen-bond acceptors (Lipinski definition) is 4. The molecule has 0 saturated heterocycles. The zero-order valence-electron chi connectivity index (χ0n) is 11.8. The normalized spacial score (nSPS) is 11.8. The number of aromatic amines is 1. The Labute approximate surface area is 132 Å². The summed E-state index contributed by atoms with van der Waals surface area (Å²) in [6.07, 6.45) is 3.53. The van der Waals surface area contributed by atoms with Crippen molar-refractivity contribution in [1.82, 2.24) is 9.97 Å². The first-order valence-electron chi connectivity index (χ1n) is 6.87. The van der Waals surface area contributed by atoms with Crippen LogP contribution in [0.1, 0.15) is 11.3 Å². The number of aromatic nitrogens is 2. The van der Waals surface area contributed by atoms with E-state index >= 15 is 0 Å². The Bertz CT molecular complexity index is 762. The van der Waals surface area contributed by atoms with Crippen LogP contribution in [-0.4, -0.2) is 28.8 Å². The highest BCUT2D eigenvalue weighted by molar-refractivity contribution is 6.30. The summed E-state index contributed by atoms with van der Waals surface area (Å²) < 4.78 is 0. The number of nitrogens with one attached hydrogen (secondary N) is 1. The van der Waals surface area contributed by atoms with E-state index in [4.69, 9.17) is 22.2 Å². The molecule has 0 aliphatic carbocycles. The molecule has 0 aliphatic rings. The van der Waals surface area contributed by atoms with Crippen molar-refractivity contribution >= 4 is 28.2 Å². The molecule has 5 nitrogen and oxygen atoms in total. The number of nitrogens with zero attached hydrogens (tertiary/aromatic N) is 2. The second-order valence-electron chi connectivity index (χ2n) is 4.71. The Kier molecular flexibility index (Phi) is 4.37. The van der Waals surface area contributed by atoms with E-state index in [1.807, 2.05) is 36.4 Å². The van der Waals surface area contributed by atoms with Crippen LogP contribution in [0, 0.1) is 0 Å². The van der Waals surface area contributed by atoms with Crippen molar-refractivity contribution in [2.75, 3.05) is 13.2 Å². The molecule has 2 heterocycles. The number of halogens is 1. The standard InChI is InChI=1S/C16H15ClN4O/c17-13-3-1-11(2-4-13)16(21-22-8-6-18)14-9-12-5-7-19-10-15(12)20-14/h1-5,7,9-10,20H,6,8,18H2/b21-16+. The summed E-state index contributed by atoms with van der Waals surface area (Å²) >= 11 is 5.95. The second-order valence-corrected chi connectivity index (χ2v) is 5.15. The molecular weight excluding hydrogens is 300 g/mol. The zero-order valence-corrected chi connectivity index (χ0v) is 12.5. The molecule has 6 heteroatoms. The smallest absolute Gasteiger partial charge is 0.133 e. The van der Waals surface area contributed by atoms with Gasteiger partial charge in [-0.1, -0.05) is 28.9 Å². The fourth-order valence-electron chi connectivity index (χ4n) is 2.13. The maximum atomic E-state index is 5.95. The molecule has 22 heavy (non-hydrogen) atoms. The summed E-state index contributed by atoms with van der Waals surface area (Å²) in [5.41, 5.74) is 8.84. The van der Waals surface area contributed by atoms with Crippen LogP contribution in [0.4, 0.5) is 0 Å². The molecule has 0 saturated carbocycles. The van der Waals surface area contributed by atoms with Crippen LogP contribution in [0.3, 0.4) is 0 Å². The predicted octanol–water partition coefficient (Wildman–Crippen LogP) is 2.94. The van der Waals surface area contributed by atoms with Crippen LogP contribution in [-0.2, 0) is 4.84 Å². The van der Waals surface area contributed by atoms with Crippen molar-refractivity contribution in [3.63, 3.8) is 0 Å². The Morgan fingerprint density at radius 1 is 1.27 bits per heavy atom. The molecule has 0 spiro atoms. The third-order valence-electron chi connectivity index (χ3n) is 3.16. The highest BCUT2D eigenvalue weighted by Crippen LogP contribution is 2.19. The van der Waals surface area contributed by atoms with Crippen LogP contribution in [0.15, 0.2) is 53.9 Å². The fourth-order valence-corrected chi connectivity index (χ4v) is 2.25. The van der Waals surface area contributed by atoms with Crippen LogP contribution in [0.2, 0.25) is 5.02 Å². The zero-order chi connectivity index (χ0) is 15.4. The molecule has 0 unspecified atom stereocenters. The molecule has 0 fully saturated rings. The van der Waals surface area contributed by atoms with Gasteiger partial charge in [0.1, 0.15) is 12.3 Å². The van der Waals surface area contributed by atoms with Gasteiger partial charge in [0.05, 0.1) is 17.4 Å². The monoisotopic (exact) mass is 314 g/mol. The second kappa shape index (κ2) is 6.60. The largest absolute Gasteiger partial charge is 0.394 e. The third-order valence-corrected chi connectivity index (χ3v) is 3.41. The van der Waals surface area contributed by atoms with E-state index in [0.717, 1.165) is 22.2 Å². The van der Waals surface area contributed by atoms with Gasteiger partial charge in [0, 0.05) is 28.7 Å². The highest BCUT2D eigenvalue weighted by atomic mass is 35.5. The van der Waals surface area contributed by atoms with Gasteiger partial charge in [-0.15, -0.1) is 0 Å². The van der Waals surface area contributed by atoms with Crippen molar-refractivity contribution in [2.24, 2.45) is 10.9 Å². The Morgan fingerprint density at radius 3 is 2.82 bits per heavy atom. The topological polar surface area (TPSA) is 76.3 Å². The molecule has 0 bridgehead atoms. The average Bonchev–Trinajstić information content (AvgIpc) is 2.96. The van der Waals surface area contributed by atoms with Crippen molar-refractivity contribution in [2.45, 2.75) is 0 Å². The van der Waals surface area contributed by atoms with Crippen LogP contribution >= 0.6 is 11.6 Å². The molecular formula is C16H15ClN4O. The van der Waals surface area contributed by atoms with E-state index in [0.29, 0.717) is 23.9 Å². The van der Waals surface area contributed by atoms with Gasteiger partial charge in [-0.3, -0.25) is 4.98 Å². The van der Waals surface area contributed by atoms with E-state index in [1.54, 1.807) is 12.4 Å². The summed E-state index contributed by atoms with van der Waals surface area (Å²) in [5, 5.41) is 5.95. The first kappa shape index (κ1) is 14.6. The number of rotatable bonds is 5. The van der Waals surface area contributed by atoms with E-state index in [9.17, 15) is 0 Å². The van der Waals surface area contributed by atoms with Gasteiger partial charge >= 0.3 is 0 Å². The van der Waals surface area contributed by atoms with E-state index in [1.165, 1.54) is 0 Å². The molecule has 3 aromatic rings. The molecule has 3 rings (SSSR count). The van der Waals surface area contributed by atoms with Crippen LogP contribution in [0.25, 0.3) is 10.9 Å². The van der Waals surface area contributed by atoms with Crippen molar-refractivity contribution in [1.29, 1.82) is 0 Å². The molecule has 0 amide bonds. The number of pyridine rings is 1. The molecule has 112 valence electrons. The van der Waals surface area contributed by atoms with Gasteiger partial charge in [-0.25, -0.2) is 0 Å². The van der Waals surface area contributed by atoms with E-state index in [-0.39, 0.29) is 0 Å². The lowest BCUT2D eigenvalue weighted by Crippen LogP contribution is -2.09. The molecule has 1 aromatic carbocycles. The maximum Gasteiger partial charge on any atom is 0.133 e. The minimum absolute atomic E-state index is 0.360. The van der Waals surface area contributed by atoms with Gasteiger partial charge in [0.2, 0.25) is 0 Å². The molecule has 2 aromatic heterocycles. The lowest BCUT2D eigenvalue weighted by molar-refractivity contribution is 0.152.